The Bertz CT molecular complexity index is 789. The van der Waals surface area contributed by atoms with Gasteiger partial charge < -0.3 is 9.64 Å². The molecule has 4 rings (SSSR count). The number of hydrogen-bond donors (Lipinski definition) is 1. The fraction of sp³-hybridized carbons (Fsp3) is 0.611. The Hall–Kier alpha value is -2.15. The summed E-state index contributed by atoms with van der Waals surface area (Å²) in [5.41, 5.74) is 4.28. The summed E-state index contributed by atoms with van der Waals surface area (Å²) in [7, 11) is 1.92. The third-order valence-corrected chi connectivity index (χ3v) is 5.36. The number of morpholine rings is 1. The highest BCUT2D eigenvalue weighted by Gasteiger charge is 2.34. The van der Waals surface area contributed by atoms with E-state index in [1.165, 1.54) is 12.8 Å². The molecule has 7 heteroatoms. The minimum absolute atomic E-state index is 0.0203. The number of ether oxygens (including phenoxy) is 1. The van der Waals surface area contributed by atoms with Crippen LogP contribution in [0.1, 0.15) is 41.1 Å². The number of nitrogens with zero attached hydrogens (tertiary/aromatic N) is 4. The summed E-state index contributed by atoms with van der Waals surface area (Å²) in [6.07, 6.45) is 3.62. The summed E-state index contributed by atoms with van der Waals surface area (Å²) >= 11 is 0. The van der Waals surface area contributed by atoms with Crippen LogP contribution >= 0.6 is 0 Å². The fourth-order valence-electron chi connectivity index (χ4n) is 3.71. The third-order valence-electron chi connectivity index (χ3n) is 5.36. The van der Waals surface area contributed by atoms with Gasteiger partial charge in [-0.05, 0) is 32.3 Å². The highest BCUT2D eigenvalue weighted by atomic mass is 16.5. The molecule has 1 aliphatic carbocycles. The number of H-pyrrole nitrogens is 1. The van der Waals surface area contributed by atoms with Gasteiger partial charge in [-0.15, -0.1) is 0 Å². The number of hydrogen-bond acceptors (Lipinski definition) is 4. The average Bonchev–Trinajstić information content (AvgIpc) is 3.21. The second-order valence-corrected chi connectivity index (χ2v) is 7.24. The van der Waals surface area contributed by atoms with Crippen LogP contribution in [0, 0.1) is 19.8 Å². The molecule has 3 heterocycles. The van der Waals surface area contributed by atoms with E-state index >= 15 is 0 Å². The Balaban J connectivity index is 1.57. The van der Waals surface area contributed by atoms with Crippen molar-refractivity contribution in [2.75, 3.05) is 19.8 Å². The van der Waals surface area contributed by atoms with Crippen molar-refractivity contribution in [3.05, 3.63) is 23.1 Å². The van der Waals surface area contributed by atoms with Crippen LogP contribution in [-0.4, -0.2) is 56.6 Å². The predicted molar refractivity (Wildman–Crippen MR) is 93.2 cm³/mol. The zero-order valence-electron chi connectivity index (χ0n) is 15.1. The zero-order chi connectivity index (χ0) is 17.6. The number of nitrogens with one attached hydrogen (secondary N) is 1. The molecule has 134 valence electrons. The quantitative estimate of drug-likeness (QED) is 0.922. The van der Waals surface area contributed by atoms with Crippen LogP contribution in [-0.2, 0) is 11.8 Å². The number of amides is 1. The first-order chi connectivity index (χ1) is 12.0. The number of carbonyl (C=O) groups is 1. The maximum atomic E-state index is 13.0. The zero-order valence-corrected chi connectivity index (χ0v) is 15.1. The van der Waals surface area contributed by atoms with Gasteiger partial charge in [0.05, 0.1) is 30.6 Å². The minimum atomic E-state index is 0.0203. The van der Waals surface area contributed by atoms with Gasteiger partial charge in [0.2, 0.25) is 0 Å². The van der Waals surface area contributed by atoms with Crippen molar-refractivity contribution in [3.63, 3.8) is 0 Å². The number of aryl methyl sites for hydroxylation is 2. The summed E-state index contributed by atoms with van der Waals surface area (Å²) in [5, 5.41) is 11.7. The molecule has 0 aromatic carbocycles. The van der Waals surface area contributed by atoms with Gasteiger partial charge in [0.25, 0.3) is 5.91 Å². The molecule has 1 unspecified atom stereocenters. The van der Waals surface area contributed by atoms with Crippen molar-refractivity contribution in [3.8, 4) is 11.3 Å². The van der Waals surface area contributed by atoms with Crippen LogP contribution < -0.4 is 0 Å². The first-order valence-corrected chi connectivity index (χ1v) is 8.99. The van der Waals surface area contributed by atoms with E-state index < -0.39 is 0 Å². The second-order valence-electron chi connectivity index (χ2n) is 7.24. The Labute approximate surface area is 147 Å². The van der Waals surface area contributed by atoms with Crippen LogP contribution in [0.25, 0.3) is 11.3 Å². The monoisotopic (exact) mass is 343 g/mol. The molecule has 1 saturated carbocycles. The molecular weight excluding hydrogens is 318 g/mol. The number of aromatic amines is 1. The topological polar surface area (TPSA) is 76.0 Å². The van der Waals surface area contributed by atoms with Crippen molar-refractivity contribution in [2.45, 2.75) is 39.2 Å². The van der Waals surface area contributed by atoms with Crippen molar-refractivity contribution >= 4 is 5.91 Å². The van der Waals surface area contributed by atoms with Crippen molar-refractivity contribution in [2.24, 2.45) is 13.0 Å². The van der Waals surface area contributed by atoms with E-state index in [-0.39, 0.29) is 11.9 Å². The second kappa shape index (κ2) is 6.29. The summed E-state index contributed by atoms with van der Waals surface area (Å²) in [6.45, 7) is 5.87. The van der Waals surface area contributed by atoms with Gasteiger partial charge in [-0.1, -0.05) is 12.8 Å². The fourth-order valence-corrected chi connectivity index (χ4v) is 3.71. The van der Waals surface area contributed by atoms with Gasteiger partial charge >= 0.3 is 0 Å². The Morgan fingerprint density at radius 2 is 2.20 bits per heavy atom. The van der Waals surface area contributed by atoms with Gasteiger partial charge in [-0.3, -0.25) is 14.6 Å². The van der Waals surface area contributed by atoms with E-state index in [1.807, 2.05) is 36.5 Å². The number of rotatable bonds is 4. The lowest BCUT2D eigenvalue weighted by Crippen LogP contribution is -2.49. The summed E-state index contributed by atoms with van der Waals surface area (Å²) in [6, 6.07) is 2.03. The maximum Gasteiger partial charge on any atom is 0.272 e. The normalized spacial score (nSPS) is 20.9. The molecule has 2 fully saturated rings. The molecule has 2 aromatic heterocycles. The van der Waals surface area contributed by atoms with Crippen LogP contribution in [0.15, 0.2) is 6.07 Å². The minimum Gasteiger partial charge on any atom is -0.377 e. The number of carbonyl (C=O) groups excluding carboxylic acids is 1. The van der Waals surface area contributed by atoms with Crippen molar-refractivity contribution in [1.29, 1.82) is 0 Å². The highest BCUT2D eigenvalue weighted by molar-refractivity contribution is 5.93. The number of aromatic nitrogens is 4. The molecule has 7 nitrogen and oxygen atoms in total. The molecule has 2 aromatic rings. The highest BCUT2D eigenvalue weighted by Crippen LogP contribution is 2.35. The summed E-state index contributed by atoms with van der Waals surface area (Å²) < 4.78 is 7.45. The Kier molecular flexibility index (Phi) is 4.11. The first kappa shape index (κ1) is 16.3. The Morgan fingerprint density at radius 3 is 2.88 bits per heavy atom. The molecule has 1 N–H and O–H groups in total. The lowest BCUT2D eigenvalue weighted by atomic mass is 10.1. The summed E-state index contributed by atoms with van der Waals surface area (Å²) in [4.78, 5) is 15.0. The van der Waals surface area contributed by atoms with E-state index in [0.717, 1.165) is 35.0 Å². The molecular formula is C18H25N5O2. The third kappa shape index (κ3) is 3.08. The van der Waals surface area contributed by atoms with Crippen LogP contribution in [0.5, 0.6) is 0 Å². The lowest BCUT2D eigenvalue weighted by Gasteiger charge is -2.35. The molecule has 1 amide bonds. The van der Waals surface area contributed by atoms with Gasteiger partial charge in [0.15, 0.2) is 0 Å². The van der Waals surface area contributed by atoms with Crippen molar-refractivity contribution in [1.82, 2.24) is 24.9 Å². The predicted octanol–water partition coefficient (Wildman–Crippen LogP) is 2.07. The van der Waals surface area contributed by atoms with Crippen LogP contribution in [0.4, 0.5) is 0 Å². The molecule has 1 atom stereocenters. The average molecular weight is 343 g/mol. The van der Waals surface area contributed by atoms with E-state index in [9.17, 15) is 4.79 Å². The molecule has 1 aliphatic heterocycles. The Morgan fingerprint density at radius 1 is 1.40 bits per heavy atom. The van der Waals surface area contributed by atoms with Crippen LogP contribution in [0.2, 0.25) is 0 Å². The lowest BCUT2D eigenvalue weighted by molar-refractivity contribution is -0.00599. The molecule has 25 heavy (non-hydrogen) atoms. The van der Waals surface area contributed by atoms with Gasteiger partial charge in [-0.25, -0.2) is 0 Å². The molecule has 2 aliphatic rings. The van der Waals surface area contributed by atoms with E-state index in [4.69, 9.17) is 4.74 Å². The molecule has 0 bridgehead atoms. The van der Waals surface area contributed by atoms with Gasteiger partial charge in [0, 0.05) is 24.8 Å². The molecule has 1 saturated heterocycles. The van der Waals surface area contributed by atoms with Gasteiger partial charge in [-0.2, -0.15) is 10.2 Å². The molecule has 0 spiro atoms. The van der Waals surface area contributed by atoms with E-state index in [0.29, 0.717) is 25.5 Å². The van der Waals surface area contributed by atoms with E-state index in [2.05, 4.69) is 15.3 Å². The maximum absolute atomic E-state index is 13.0. The molecule has 0 radical (unpaired) electrons. The summed E-state index contributed by atoms with van der Waals surface area (Å²) in [5.74, 6) is 0.784. The first-order valence-electron chi connectivity index (χ1n) is 8.99. The standard InChI is InChI=1S/C18H25N5O2/c1-11-17(12(2)22(3)21-11)15-9-16(20-19-15)18(24)23-6-7-25-10-14(23)8-13-4-5-13/h9,13-14H,4-8,10H2,1-3H3,(H,19,20). The largest absolute Gasteiger partial charge is 0.377 e. The van der Waals surface area contributed by atoms with Crippen LogP contribution in [0.3, 0.4) is 0 Å². The van der Waals surface area contributed by atoms with E-state index in [1.54, 1.807) is 0 Å². The SMILES string of the molecule is Cc1nn(C)c(C)c1-c1cc(C(=O)N2CCOCC2CC2CC2)[nH]n1. The smallest absolute Gasteiger partial charge is 0.272 e. The van der Waals surface area contributed by atoms with Crippen molar-refractivity contribution < 1.29 is 9.53 Å². The van der Waals surface area contributed by atoms with Gasteiger partial charge in [0.1, 0.15) is 5.69 Å².